The summed E-state index contributed by atoms with van der Waals surface area (Å²) in [6, 6.07) is 0. The molecule has 0 aromatic rings. The van der Waals surface area contributed by atoms with Crippen LogP contribution in [-0.4, -0.2) is 22.8 Å². The maximum Gasteiger partial charge on any atom is 0.305 e. The van der Waals surface area contributed by atoms with Gasteiger partial charge in [-0.25, -0.2) is 0 Å². The van der Waals surface area contributed by atoms with Crippen LogP contribution in [0.25, 0.3) is 0 Å². The first-order chi connectivity index (χ1) is 4.56. The highest BCUT2D eigenvalue weighted by molar-refractivity contribution is 5.68. The van der Waals surface area contributed by atoms with E-state index in [9.17, 15) is 4.79 Å². The van der Waals surface area contributed by atoms with Crippen LogP contribution < -0.4 is 0 Å². The van der Waals surface area contributed by atoms with Crippen molar-refractivity contribution in [3.05, 3.63) is 12.7 Å². The van der Waals surface area contributed by atoms with E-state index < -0.39 is 5.97 Å². The molecule has 0 fully saturated rings. The highest BCUT2D eigenvalue weighted by atomic mass is 16.4. The third kappa shape index (κ3) is 15.7. The van der Waals surface area contributed by atoms with E-state index in [1.807, 2.05) is 0 Å². The molecule has 10 heavy (non-hydrogen) atoms. The Kier molecular flexibility index (Phi) is 9.73. The second kappa shape index (κ2) is 8.17. The van der Waals surface area contributed by atoms with Crippen LogP contribution in [0.4, 0.5) is 0 Å². The number of aliphatic hydroxyl groups is 1. The quantitative estimate of drug-likeness (QED) is 0.569. The summed E-state index contributed by atoms with van der Waals surface area (Å²) in [5.74, 6) is -0.972. The molecule has 0 spiro atoms. The lowest BCUT2D eigenvalue weighted by Crippen LogP contribution is -2.03. The fraction of sp³-hybridized carbons (Fsp3) is 0.571. The lowest BCUT2D eigenvalue weighted by atomic mass is 10.2. The molecule has 0 saturated carbocycles. The molecule has 0 heterocycles. The molecule has 60 valence electrons. The Hall–Kier alpha value is -0.830. The van der Waals surface area contributed by atoms with Gasteiger partial charge in [0.1, 0.15) is 0 Å². The van der Waals surface area contributed by atoms with Gasteiger partial charge in [-0.1, -0.05) is 19.9 Å². The lowest BCUT2D eigenvalue weighted by Gasteiger charge is -1.89. The second-order valence-electron chi connectivity index (χ2n) is 1.96. The fourth-order valence-corrected chi connectivity index (χ4v) is 0. The number of aliphatic carboxylic acids is 1. The van der Waals surface area contributed by atoms with E-state index >= 15 is 0 Å². The average Bonchev–Trinajstić information content (AvgIpc) is 1.89. The normalized spacial score (nSPS) is 8.00. The first-order valence-electron chi connectivity index (χ1n) is 3.00. The van der Waals surface area contributed by atoms with Crippen molar-refractivity contribution in [1.29, 1.82) is 0 Å². The highest BCUT2D eigenvalue weighted by Gasteiger charge is 1.99. The molecule has 3 heteroatoms. The van der Waals surface area contributed by atoms with Crippen LogP contribution in [0.1, 0.15) is 13.8 Å². The van der Waals surface area contributed by atoms with Gasteiger partial charge in [0.15, 0.2) is 0 Å². The summed E-state index contributed by atoms with van der Waals surface area (Å²) in [6.45, 7) is 6.59. The zero-order valence-electron chi connectivity index (χ0n) is 6.37. The van der Waals surface area contributed by atoms with E-state index in [-0.39, 0.29) is 12.5 Å². The van der Waals surface area contributed by atoms with Crippen molar-refractivity contribution < 1.29 is 15.0 Å². The van der Waals surface area contributed by atoms with Gasteiger partial charge in [0.05, 0.1) is 12.5 Å². The Balaban J connectivity index is 0. The Morgan fingerprint density at radius 2 is 1.90 bits per heavy atom. The SMILES string of the molecule is C=CCO.CC(C)C(=O)O. The number of hydrogen-bond donors (Lipinski definition) is 2. The van der Waals surface area contributed by atoms with E-state index in [2.05, 4.69) is 6.58 Å². The van der Waals surface area contributed by atoms with Gasteiger partial charge in [-0.05, 0) is 0 Å². The van der Waals surface area contributed by atoms with Crippen molar-refractivity contribution in [2.45, 2.75) is 13.8 Å². The van der Waals surface area contributed by atoms with Crippen LogP contribution in [0.15, 0.2) is 12.7 Å². The average molecular weight is 146 g/mol. The van der Waals surface area contributed by atoms with Crippen LogP contribution >= 0.6 is 0 Å². The number of rotatable bonds is 2. The molecule has 0 unspecified atom stereocenters. The molecule has 2 N–H and O–H groups in total. The zero-order valence-corrected chi connectivity index (χ0v) is 6.37. The van der Waals surface area contributed by atoms with Crippen molar-refractivity contribution in [1.82, 2.24) is 0 Å². The molecule has 0 saturated heterocycles. The second-order valence-corrected chi connectivity index (χ2v) is 1.96. The number of carboxylic acid groups (broad SMARTS) is 1. The summed E-state index contributed by atoms with van der Waals surface area (Å²) in [7, 11) is 0. The Bertz CT molecular complexity index is 97.0. The molecule has 0 amide bonds. The fourth-order valence-electron chi connectivity index (χ4n) is 0. The molecule has 0 aromatic heterocycles. The summed E-state index contributed by atoms with van der Waals surface area (Å²) < 4.78 is 0. The Labute approximate surface area is 61.0 Å². The van der Waals surface area contributed by atoms with Crippen molar-refractivity contribution in [3.63, 3.8) is 0 Å². The van der Waals surface area contributed by atoms with Crippen LogP contribution in [0.5, 0.6) is 0 Å². The van der Waals surface area contributed by atoms with Crippen molar-refractivity contribution >= 4 is 5.97 Å². The van der Waals surface area contributed by atoms with Gasteiger partial charge in [0.2, 0.25) is 0 Å². The van der Waals surface area contributed by atoms with Crippen molar-refractivity contribution in [3.8, 4) is 0 Å². The van der Waals surface area contributed by atoms with Gasteiger partial charge in [-0.3, -0.25) is 4.79 Å². The summed E-state index contributed by atoms with van der Waals surface area (Å²) in [4.78, 5) is 9.70. The largest absolute Gasteiger partial charge is 0.481 e. The minimum Gasteiger partial charge on any atom is -0.481 e. The smallest absolute Gasteiger partial charge is 0.305 e. The minimum absolute atomic E-state index is 0.0833. The molecule has 0 rings (SSSR count). The molecule has 0 aliphatic heterocycles. The standard InChI is InChI=1S/C4H8O2.C3H6O/c1-3(2)4(5)6;1-2-3-4/h3H,1-2H3,(H,5,6);2,4H,1,3H2. The van der Waals surface area contributed by atoms with E-state index in [4.69, 9.17) is 10.2 Å². The number of carbonyl (C=O) groups is 1. The Morgan fingerprint density at radius 3 is 1.90 bits per heavy atom. The number of carboxylic acids is 1. The first kappa shape index (κ1) is 11.9. The van der Waals surface area contributed by atoms with Gasteiger partial charge in [0, 0.05) is 0 Å². The third-order valence-corrected chi connectivity index (χ3v) is 0.623. The van der Waals surface area contributed by atoms with Crippen LogP contribution in [0, 0.1) is 5.92 Å². The van der Waals surface area contributed by atoms with E-state index in [1.54, 1.807) is 13.8 Å². The van der Waals surface area contributed by atoms with Crippen molar-refractivity contribution in [2.75, 3.05) is 6.61 Å². The minimum atomic E-state index is -0.741. The first-order valence-corrected chi connectivity index (χ1v) is 3.00. The monoisotopic (exact) mass is 146 g/mol. The van der Waals surface area contributed by atoms with E-state index in [0.717, 1.165) is 0 Å². The summed E-state index contributed by atoms with van der Waals surface area (Å²) in [5, 5.41) is 15.7. The van der Waals surface area contributed by atoms with Crippen molar-refractivity contribution in [2.24, 2.45) is 5.92 Å². The van der Waals surface area contributed by atoms with Crippen LogP contribution in [0.3, 0.4) is 0 Å². The summed E-state index contributed by atoms with van der Waals surface area (Å²) >= 11 is 0. The highest BCUT2D eigenvalue weighted by Crippen LogP contribution is 1.87. The molecular formula is C7H14O3. The molecular weight excluding hydrogens is 132 g/mol. The van der Waals surface area contributed by atoms with Gasteiger partial charge >= 0.3 is 5.97 Å². The predicted octanol–water partition coefficient (Wildman–Crippen LogP) is 0.892. The predicted molar refractivity (Wildman–Crippen MR) is 39.8 cm³/mol. The summed E-state index contributed by atoms with van der Waals surface area (Å²) in [6.07, 6.45) is 1.43. The molecule has 0 aromatic carbocycles. The van der Waals surface area contributed by atoms with Gasteiger partial charge in [0.25, 0.3) is 0 Å². The van der Waals surface area contributed by atoms with Gasteiger partial charge in [-0.2, -0.15) is 0 Å². The van der Waals surface area contributed by atoms with Gasteiger partial charge < -0.3 is 10.2 Å². The summed E-state index contributed by atoms with van der Waals surface area (Å²) in [5.41, 5.74) is 0. The molecule has 3 nitrogen and oxygen atoms in total. The Morgan fingerprint density at radius 1 is 1.70 bits per heavy atom. The van der Waals surface area contributed by atoms with Crippen LogP contribution in [-0.2, 0) is 4.79 Å². The van der Waals surface area contributed by atoms with E-state index in [0.29, 0.717) is 0 Å². The molecule has 0 bridgehead atoms. The molecule has 0 aliphatic carbocycles. The molecule has 0 aliphatic rings. The topological polar surface area (TPSA) is 57.5 Å². The zero-order chi connectivity index (χ0) is 8.57. The lowest BCUT2D eigenvalue weighted by molar-refractivity contribution is -0.140. The maximum atomic E-state index is 9.70. The number of aliphatic hydroxyl groups excluding tert-OH is 1. The maximum absolute atomic E-state index is 9.70. The van der Waals surface area contributed by atoms with E-state index in [1.165, 1.54) is 6.08 Å². The van der Waals surface area contributed by atoms with Crippen LogP contribution in [0.2, 0.25) is 0 Å². The molecule has 0 radical (unpaired) electrons. The number of hydrogen-bond acceptors (Lipinski definition) is 2. The third-order valence-electron chi connectivity index (χ3n) is 0.623. The molecule has 0 atom stereocenters. The van der Waals surface area contributed by atoms with Gasteiger partial charge in [-0.15, -0.1) is 6.58 Å².